The molecule has 0 fully saturated rings. The molecule has 33 heavy (non-hydrogen) atoms. The molecule has 3 rings (SSSR count). The number of rotatable bonds is 9. The summed E-state index contributed by atoms with van der Waals surface area (Å²) in [6.45, 7) is 5.91. The van der Waals surface area contributed by atoms with Crippen molar-refractivity contribution in [3.05, 3.63) is 75.5 Å². The zero-order valence-corrected chi connectivity index (χ0v) is 18.8. The maximum absolute atomic E-state index is 12.1. The number of nitrogens with one attached hydrogen (secondary N) is 1. The third-order valence-corrected chi connectivity index (χ3v) is 4.82. The van der Waals surface area contributed by atoms with Gasteiger partial charge in [0.2, 0.25) is 0 Å². The van der Waals surface area contributed by atoms with Crippen molar-refractivity contribution >= 4 is 17.8 Å². The van der Waals surface area contributed by atoms with Gasteiger partial charge in [0.25, 0.3) is 11.6 Å². The Kier molecular flexibility index (Phi) is 7.45. The third-order valence-electron chi connectivity index (χ3n) is 4.82. The topological polar surface area (TPSA) is 116 Å². The van der Waals surface area contributed by atoms with Crippen molar-refractivity contribution in [3.8, 4) is 22.8 Å². The molecule has 2 aromatic carbocycles. The highest BCUT2D eigenvalue weighted by Gasteiger charge is 2.15. The molecule has 0 aliphatic heterocycles. The first kappa shape index (κ1) is 23.5. The molecule has 1 aromatic heterocycles. The lowest BCUT2D eigenvalue weighted by molar-refractivity contribution is -0.384. The fraction of sp³-hybridized carbons (Fsp3) is 0.250. The maximum Gasteiger partial charge on any atom is 0.277 e. The normalized spacial score (nSPS) is 11.1. The number of benzene rings is 2. The molecule has 0 saturated heterocycles. The summed E-state index contributed by atoms with van der Waals surface area (Å²) in [7, 11) is 1.42. The average molecular weight is 451 g/mol. The molecule has 1 amide bonds. The maximum atomic E-state index is 12.1. The first-order chi connectivity index (χ1) is 15.8. The van der Waals surface area contributed by atoms with Crippen molar-refractivity contribution in [1.29, 1.82) is 0 Å². The van der Waals surface area contributed by atoms with Crippen LogP contribution in [-0.4, -0.2) is 30.8 Å². The summed E-state index contributed by atoms with van der Waals surface area (Å²) in [5.74, 6) is 1.67. The monoisotopic (exact) mass is 451 g/mol. The second-order valence-electron chi connectivity index (χ2n) is 7.62. The highest BCUT2D eigenvalue weighted by atomic mass is 16.6. The second kappa shape index (κ2) is 10.4. The molecule has 0 bridgehead atoms. The zero-order chi connectivity index (χ0) is 24.0. The van der Waals surface area contributed by atoms with Crippen LogP contribution >= 0.6 is 0 Å². The summed E-state index contributed by atoms with van der Waals surface area (Å²) < 4.78 is 16.6. The lowest BCUT2D eigenvalue weighted by Crippen LogP contribution is -2.24. The van der Waals surface area contributed by atoms with Crippen molar-refractivity contribution < 1.29 is 23.6 Å². The lowest BCUT2D eigenvalue weighted by Gasteiger charge is -2.14. The fourth-order valence-electron chi connectivity index (χ4n) is 3.15. The van der Waals surface area contributed by atoms with Gasteiger partial charge in [-0.05, 0) is 48.2 Å². The Morgan fingerprint density at radius 2 is 1.97 bits per heavy atom. The van der Waals surface area contributed by atoms with Gasteiger partial charge in [0, 0.05) is 6.07 Å². The molecule has 0 atom stereocenters. The van der Waals surface area contributed by atoms with E-state index < -0.39 is 10.8 Å². The summed E-state index contributed by atoms with van der Waals surface area (Å²) in [6.07, 6.45) is 1.35. The molecule has 172 valence electrons. The van der Waals surface area contributed by atoms with Crippen LogP contribution in [0.2, 0.25) is 0 Å². The van der Waals surface area contributed by atoms with Crippen LogP contribution in [0.15, 0.2) is 58.0 Å². The average Bonchev–Trinajstić information content (AvgIpc) is 3.25. The van der Waals surface area contributed by atoms with Gasteiger partial charge in [-0.15, -0.1) is 0 Å². The number of methoxy groups -OCH3 is 1. The molecule has 0 aliphatic carbocycles. The number of hydrogen-bond donors (Lipinski definition) is 1. The summed E-state index contributed by atoms with van der Waals surface area (Å²) in [5.41, 5.74) is 4.95. The molecular weight excluding hydrogens is 426 g/mol. The minimum Gasteiger partial charge on any atom is -0.496 e. The van der Waals surface area contributed by atoms with Crippen LogP contribution in [0.5, 0.6) is 11.5 Å². The minimum atomic E-state index is -0.498. The van der Waals surface area contributed by atoms with E-state index in [1.165, 1.54) is 25.5 Å². The molecule has 0 radical (unpaired) electrons. The van der Waals surface area contributed by atoms with Crippen molar-refractivity contribution in [2.45, 2.75) is 26.7 Å². The number of aryl methyl sites for hydroxylation is 1. The number of nitrogens with zero attached hydrogens (tertiary/aromatic N) is 2. The van der Waals surface area contributed by atoms with E-state index >= 15 is 0 Å². The van der Waals surface area contributed by atoms with E-state index in [4.69, 9.17) is 13.9 Å². The second-order valence-corrected chi connectivity index (χ2v) is 7.62. The van der Waals surface area contributed by atoms with E-state index in [9.17, 15) is 14.9 Å². The van der Waals surface area contributed by atoms with Gasteiger partial charge < -0.3 is 13.9 Å². The number of carbonyl (C=O) groups is 1. The summed E-state index contributed by atoms with van der Waals surface area (Å²) in [6, 6.07) is 13.5. The highest BCUT2D eigenvalue weighted by molar-refractivity contribution is 5.82. The number of amides is 1. The van der Waals surface area contributed by atoms with Gasteiger partial charge in [-0.2, -0.15) is 5.10 Å². The van der Waals surface area contributed by atoms with Gasteiger partial charge in [0.15, 0.2) is 6.61 Å². The fourth-order valence-corrected chi connectivity index (χ4v) is 3.15. The van der Waals surface area contributed by atoms with Gasteiger partial charge in [-0.3, -0.25) is 14.9 Å². The third kappa shape index (κ3) is 5.97. The van der Waals surface area contributed by atoms with Crippen molar-refractivity contribution in [2.24, 2.45) is 5.10 Å². The Morgan fingerprint density at radius 1 is 1.18 bits per heavy atom. The van der Waals surface area contributed by atoms with Crippen LogP contribution in [0.25, 0.3) is 11.3 Å². The van der Waals surface area contributed by atoms with E-state index in [1.54, 1.807) is 18.2 Å². The van der Waals surface area contributed by atoms with Crippen LogP contribution in [0, 0.1) is 17.0 Å². The van der Waals surface area contributed by atoms with Crippen molar-refractivity contribution in [1.82, 2.24) is 5.43 Å². The van der Waals surface area contributed by atoms with Gasteiger partial charge in [0.1, 0.15) is 23.0 Å². The van der Waals surface area contributed by atoms with E-state index in [2.05, 4.69) is 24.4 Å². The number of hydrazone groups is 1. The molecule has 0 aliphatic rings. The van der Waals surface area contributed by atoms with E-state index in [-0.39, 0.29) is 18.2 Å². The summed E-state index contributed by atoms with van der Waals surface area (Å²) in [4.78, 5) is 22.6. The van der Waals surface area contributed by atoms with Crippen LogP contribution in [0.3, 0.4) is 0 Å². The molecule has 0 spiro atoms. The first-order valence-corrected chi connectivity index (χ1v) is 10.3. The van der Waals surface area contributed by atoms with Crippen molar-refractivity contribution in [3.63, 3.8) is 0 Å². The molecule has 1 heterocycles. The molecular formula is C24H25N3O6. The van der Waals surface area contributed by atoms with E-state index in [1.807, 2.05) is 25.1 Å². The van der Waals surface area contributed by atoms with E-state index in [0.717, 1.165) is 11.1 Å². The molecule has 9 nitrogen and oxygen atoms in total. The van der Waals surface area contributed by atoms with Crippen LogP contribution in [0.4, 0.5) is 5.69 Å². The summed E-state index contributed by atoms with van der Waals surface area (Å²) in [5, 5.41) is 14.8. The number of nitro groups is 1. The van der Waals surface area contributed by atoms with Gasteiger partial charge in [-0.25, -0.2) is 5.43 Å². The number of carbonyl (C=O) groups excluding carboxylic acids is 1. The van der Waals surface area contributed by atoms with Gasteiger partial charge >= 0.3 is 0 Å². The van der Waals surface area contributed by atoms with E-state index in [0.29, 0.717) is 28.6 Å². The molecule has 3 aromatic rings. The molecule has 0 saturated carbocycles. The highest BCUT2D eigenvalue weighted by Crippen LogP contribution is 2.34. The standard InChI is InChI=1S/C24H25N3O6/c1-15(2)19-8-5-16(3)11-23(19)32-14-24(28)26-25-13-18-7-10-21(33-18)20-9-6-17(27(29)30)12-22(20)31-4/h5-13,15H,14H2,1-4H3,(H,26,28)/b25-13+. The number of non-ortho nitro benzene ring substituents is 1. The predicted octanol–water partition coefficient (Wildman–Crippen LogP) is 4.82. The van der Waals surface area contributed by atoms with Crippen LogP contribution in [0.1, 0.15) is 36.7 Å². The molecule has 1 N–H and O–H groups in total. The number of nitro benzene ring substituents is 1. The molecule has 0 unspecified atom stereocenters. The van der Waals surface area contributed by atoms with Gasteiger partial charge in [0.05, 0.1) is 29.9 Å². The summed E-state index contributed by atoms with van der Waals surface area (Å²) >= 11 is 0. The SMILES string of the molecule is COc1cc([N+](=O)[O-])ccc1-c1ccc(/C=N/NC(=O)COc2cc(C)ccc2C(C)C)o1. The Bertz CT molecular complexity index is 1180. The predicted molar refractivity (Wildman–Crippen MR) is 124 cm³/mol. The Labute approximate surface area is 191 Å². The minimum absolute atomic E-state index is 0.0833. The smallest absolute Gasteiger partial charge is 0.277 e. The number of furan rings is 1. The quantitative estimate of drug-likeness (QED) is 0.283. The zero-order valence-electron chi connectivity index (χ0n) is 18.8. The Balaban J connectivity index is 1.61. The van der Waals surface area contributed by atoms with Gasteiger partial charge in [-0.1, -0.05) is 26.0 Å². The first-order valence-electron chi connectivity index (χ1n) is 10.3. The largest absolute Gasteiger partial charge is 0.496 e. The molecule has 9 heteroatoms. The number of hydrogen-bond acceptors (Lipinski definition) is 7. The van der Waals surface area contributed by atoms with Crippen molar-refractivity contribution in [2.75, 3.05) is 13.7 Å². The van der Waals surface area contributed by atoms with Crippen LogP contribution < -0.4 is 14.9 Å². The Hall–Kier alpha value is -4.14. The Morgan fingerprint density at radius 3 is 2.67 bits per heavy atom. The number of ether oxygens (including phenoxy) is 2. The van der Waals surface area contributed by atoms with Crippen LogP contribution in [-0.2, 0) is 4.79 Å². The lowest BCUT2D eigenvalue weighted by atomic mass is 10.0.